The van der Waals surface area contributed by atoms with Gasteiger partial charge in [-0.05, 0) is 41.5 Å². The monoisotopic (exact) mass is 367 g/mol. The van der Waals surface area contributed by atoms with E-state index >= 15 is 0 Å². The first-order valence-corrected chi connectivity index (χ1v) is 9.55. The van der Waals surface area contributed by atoms with Crippen molar-refractivity contribution in [2.45, 2.75) is 30.8 Å². The van der Waals surface area contributed by atoms with Crippen molar-refractivity contribution in [3.8, 4) is 11.1 Å². The third kappa shape index (κ3) is 3.84. The number of amides is 1. The van der Waals surface area contributed by atoms with Crippen molar-refractivity contribution in [1.29, 1.82) is 0 Å². The van der Waals surface area contributed by atoms with E-state index in [1.165, 1.54) is 22.3 Å². The van der Waals surface area contributed by atoms with Crippen molar-refractivity contribution in [3.05, 3.63) is 59.7 Å². The molecule has 1 aliphatic carbocycles. The molecular formula is C22H25NO4. The zero-order valence-electron chi connectivity index (χ0n) is 15.3. The zero-order valence-corrected chi connectivity index (χ0v) is 15.3. The highest BCUT2D eigenvalue weighted by Crippen LogP contribution is 2.44. The Balaban J connectivity index is 1.33. The van der Waals surface area contributed by atoms with E-state index in [9.17, 15) is 9.90 Å². The highest BCUT2D eigenvalue weighted by molar-refractivity contribution is 5.79. The molecule has 27 heavy (non-hydrogen) atoms. The lowest BCUT2D eigenvalue weighted by atomic mass is 9.91. The van der Waals surface area contributed by atoms with Crippen LogP contribution in [0.25, 0.3) is 11.1 Å². The number of carbonyl (C=O) groups is 1. The predicted molar refractivity (Wildman–Crippen MR) is 103 cm³/mol. The molecule has 0 radical (unpaired) electrons. The largest absolute Gasteiger partial charge is 0.449 e. The number of hydrogen-bond acceptors (Lipinski definition) is 4. The number of ether oxygens (including phenoxy) is 2. The molecule has 0 spiro atoms. The van der Waals surface area contributed by atoms with Gasteiger partial charge in [0.1, 0.15) is 6.61 Å². The molecule has 0 saturated carbocycles. The van der Waals surface area contributed by atoms with Crippen LogP contribution < -0.4 is 5.32 Å². The highest BCUT2D eigenvalue weighted by Gasteiger charge is 2.30. The Morgan fingerprint density at radius 2 is 1.67 bits per heavy atom. The summed E-state index contributed by atoms with van der Waals surface area (Å²) in [5.41, 5.74) is 4.08. The SMILES string of the molecule is O=C(NCCC1(O)CCOCC1)OCC1c2ccccc2-c2ccccc21. The first kappa shape index (κ1) is 18.0. The minimum Gasteiger partial charge on any atom is -0.449 e. The number of hydrogen-bond donors (Lipinski definition) is 2. The summed E-state index contributed by atoms with van der Waals surface area (Å²) < 4.78 is 10.8. The molecule has 2 N–H and O–H groups in total. The molecule has 0 aromatic heterocycles. The fourth-order valence-corrected chi connectivity index (χ4v) is 4.05. The molecule has 5 heteroatoms. The summed E-state index contributed by atoms with van der Waals surface area (Å²) >= 11 is 0. The minimum absolute atomic E-state index is 0.0582. The molecule has 4 rings (SSSR count). The molecule has 142 valence electrons. The van der Waals surface area contributed by atoms with Gasteiger partial charge in [0.05, 0.1) is 5.60 Å². The molecule has 1 aliphatic heterocycles. The maximum absolute atomic E-state index is 12.1. The third-order valence-electron chi connectivity index (χ3n) is 5.63. The number of benzene rings is 2. The predicted octanol–water partition coefficient (Wildman–Crippen LogP) is 3.46. The molecule has 1 amide bonds. The van der Waals surface area contributed by atoms with Gasteiger partial charge in [0.25, 0.3) is 0 Å². The fourth-order valence-electron chi connectivity index (χ4n) is 4.05. The molecule has 2 aliphatic rings. The van der Waals surface area contributed by atoms with Crippen LogP contribution in [0.4, 0.5) is 4.79 Å². The lowest BCUT2D eigenvalue weighted by Gasteiger charge is -2.31. The van der Waals surface area contributed by atoms with E-state index in [1.807, 2.05) is 24.3 Å². The third-order valence-corrected chi connectivity index (χ3v) is 5.63. The molecule has 0 unspecified atom stereocenters. The quantitative estimate of drug-likeness (QED) is 0.849. The standard InChI is InChI=1S/C22H25NO4/c24-21(23-12-9-22(25)10-13-26-14-11-22)27-15-20-18-7-3-1-5-16(18)17-6-2-4-8-19(17)20/h1-8,20,25H,9-15H2,(H,23,24). The van der Waals surface area contributed by atoms with E-state index in [1.54, 1.807) is 0 Å². The van der Waals surface area contributed by atoms with Gasteiger partial charge in [-0.2, -0.15) is 0 Å². The Morgan fingerprint density at radius 1 is 1.07 bits per heavy atom. The molecule has 1 saturated heterocycles. The van der Waals surface area contributed by atoms with Crippen LogP contribution in [0.5, 0.6) is 0 Å². The van der Waals surface area contributed by atoms with Crippen LogP contribution >= 0.6 is 0 Å². The average Bonchev–Trinajstić information content (AvgIpc) is 3.01. The number of alkyl carbamates (subject to hydrolysis) is 1. The van der Waals surface area contributed by atoms with E-state index in [-0.39, 0.29) is 5.92 Å². The second-order valence-corrected chi connectivity index (χ2v) is 7.34. The van der Waals surface area contributed by atoms with Gasteiger partial charge in [-0.1, -0.05) is 48.5 Å². The van der Waals surface area contributed by atoms with Crippen molar-refractivity contribution in [2.75, 3.05) is 26.4 Å². The second-order valence-electron chi connectivity index (χ2n) is 7.34. The van der Waals surface area contributed by atoms with Crippen LogP contribution in [0, 0.1) is 0 Å². The van der Waals surface area contributed by atoms with E-state index in [2.05, 4.69) is 29.6 Å². The van der Waals surface area contributed by atoms with Gasteiger partial charge in [0.15, 0.2) is 0 Å². The first-order valence-electron chi connectivity index (χ1n) is 9.55. The Labute approximate surface area is 159 Å². The Bertz CT molecular complexity index is 768. The van der Waals surface area contributed by atoms with Gasteiger partial charge in [-0.15, -0.1) is 0 Å². The number of carbonyl (C=O) groups excluding carboxylic acids is 1. The van der Waals surface area contributed by atoms with E-state index in [4.69, 9.17) is 9.47 Å². The lowest BCUT2D eigenvalue weighted by molar-refractivity contribution is -0.0671. The summed E-state index contributed by atoms with van der Waals surface area (Å²) in [5, 5.41) is 13.2. The van der Waals surface area contributed by atoms with Crippen LogP contribution in [0.15, 0.2) is 48.5 Å². The van der Waals surface area contributed by atoms with Crippen molar-refractivity contribution in [1.82, 2.24) is 5.32 Å². The van der Waals surface area contributed by atoms with Gasteiger partial charge in [0, 0.05) is 25.7 Å². The molecule has 0 bridgehead atoms. The summed E-state index contributed by atoms with van der Waals surface area (Å²) in [6.07, 6.45) is 1.30. The van der Waals surface area contributed by atoms with Gasteiger partial charge < -0.3 is 19.9 Å². The van der Waals surface area contributed by atoms with Crippen molar-refractivity contribution < 1.29 is 19.4 Å². The number of nitrogens with one attached hydrogen (secondary N) is 1. The normalized spacial score (nSPS) is 17.8. The highest BCUT2D eigenvalue weighted by atomic mass is 16.5. The number of rotatable bonds is 5. The first-order chi connectivity index (χ1) is 13.2. The van der Waals surface area contributed by atoms with E-state index in [0.29, 0.717) is 45.6 Å². The summed E-state index contributed by atoms with van der Waals surface area (Å²) in [7, 11) is 0. The molecule has 1 heterocycles. The summed E-state index contributed by atoms with van der Waals surface area (Å²) in [5.74, 6) is 0.0582. The zero-order chi connectivity index (χ0) is 18.7. The summed E-state index contributed by atoms with van der Waals surface area (Å²) in [6, 6.07) is 16.5. The van der Waals surface area contributed by atoms with Crippen LogP contribution in [0.3, 0.4) is 0 Å². The maximum Gasteiger partial charge on any atom is 0.407 e. The molecular weight excluding hydrogens is 342 g/mol. The number of fused-ring (bicyclic) bond motifs is 3. The fraction of sp³-hybridized carbons (Fsp3) is 0.409. The Hall–Kier alpha value is -2.37. The smallest absolute Gasteiger partial charge is 0.407 e. The average molecular weight is 367 g/mol. The summed E-state index contributed by atoms with van der Waals surface area (Å²) in [6.45, 7) is 1.84. The van der Waals surface area contributed by atoms with E-state index in [0.717, 1.165) is 0 Å². The second kappa shape index (κ2) is 7.71. The van der Waals surface area contributed by atoms with Gasteiger partial charge in [-0.3, -0.25) is 0 Å². The van der Waals surface area contributed by atoms with Gasteiger partial charge >= 0.3 is 6.09 Å². The topological polar surface area (TPSA) is 67.8 Å². The van der Waals surface area contributed by atoms with Crippen LogP contribution in [-0.4, -0.2) is 43.2 Å². The van der Waals surface area contributed by atoms with Crippen LogP contribution in [-0.2, 0) is 9.47 Å². The molecule has 0 atom stereocenters. The molecule has 5 nitrogen and oxygen atoms in total. The minimum atomic E-state index is -0.741. The van der Waals surface area contributed by atoms with Crippen LogP contribution in [0.2, 0.25) is 0 Å². The molecule has 1 fully saturated rings. The Morgan fingerprint density at radius 3 is 2.30 bits per heavy atom. The van der Waals surface area contributed by atoms with Crippen molar-refractivity contribution in [2.24, 2.45) is 0 Å². The lowest BCUT2D eigenvalue weighted by Crippen LogP contribution is -2.40. The number of aliphatic hydroxyl groups is 1. The molecule has 2 aromatic carbocycles. The Kier molecular flexibility index (Phi) is 5.14. The van der Waals surface area contributed by atoms with Crippen molar-refractivity contribution >= 4 is 6.09 Å². The van der Waals surface area contributed by atoms with Gasteiger partial charge in [0.2, 0.25) is 0 Å². The van der Waals surface area contributed by atoms with Crippen molar-refractivity contribution in [3.63, 3.8) is 0 Å². The summed E-state index contributed by atoms with van der Waals surface area (Å²) in [4.78, 5) is 12.1. The van der Waals surface area contributed by atoms with Crippen LogP contribution in [0.1, 0.15) is 36.3 Å². The van der Waals surface area contributed by atoms with Gasteiger partial charge in [-0.25, -0.2) is 4.79 Å². The molecule has 2 aromatic rings. The maximum atomic E-state index is 12.1. The van der Waals surface area contributed by atoms with E-state index < -0.39 is 11.7 Å².